The Kier molecular flexibility index (Phi) is 4.79. The van der Waals surface area contributed by atoms with Crippen molar-refractivity contribution in [2.24, 2.45) is 5.92 Å². The van der Waals surface area contributed by atoms with Gasteiger partial charge in [-0.1, -0.05) is 6.92 Å². The average molecular weight is 280 g/mol. The quantitative estimate of drug-likeness (QED) is 0.653. The van der Waals surface area contributed by atoms with Crippen LogP contribution in [0.4, 0.5) is 5.69 Å². The van der Waals surface area contributed by atoms with E-state index in [-0.39, 0.29) is 18.1 Å². The van der Waals surface area contributed by atoms with E-state index in [0.717, 1.165) is 0 Å². The van der Waals surface area contributed by atoms with E-state index in [1.165, 1.54) is 37.1 Å². The molecule has 0 saturated heterocycles. The fraction of sp³-hybridized carbons (Fsp3) is 0.385. The second-order valence-corrected chi connectivity index (χ2v) is 4.68. The van der Waals surface area contributed by atoms with Gasteiger partial charge in [0, 0.05) is 30.8 Å². The number of hydrogen-bond acceptors (Lipinski definition) is 4. The summed E-state index contributed by atoms with van der Waals surface area (Å²) in [5.74, 6) is -2.02. The minimum Gasteiger partial charge on any atom is -0.481 e. The van der Waals surface area contributed by atoms with Crippen molar-refractivity contribution in [3.8, 4) is 0 Å². The lowest BCUT2D eigenvalue weighted by Crippen LogP contribution is -2.33. The molecular weight excluding hydrogens is 264 g/mol. The van der Waals surface area contributed by atoms with Crippen LogP contribution < -0.4 is 0 Å². The van der Waals surface area contributed by atoms with Crippen LogP contribution in [0, 0.1) is 23.0 Å². The Morgan fingerprint density at radius 2 is 2.05 bits per heavy atom. The largest absolute Gasteiger partial charge is 0.481 e. The highest BCUT2D eigenvalue weighted by Gasteiger charge is 2.20. The summed E-state index contributed by atoms with van der Waals surface area (Å²) in [4.78, 5) is 34.3. The highest BCUT2D eigenvalue weighted by molar-refractivity contribution is 5.94. The molecule has 1 atom stereocenters. The molecule has 1 rings (SSSR count). The molecule has 1 N–H and O–H groups in total. The number of rotatable bonds is 5. The first-order valence-corrected chi connectivity index (χ1v) is 5.97. The molecule has 0 spiro atoms. The van der Waals surface area contributed by atoms with Crippen LogP contribution in [-0.2, 0) is 4.79 Å². The van der Waals surface area contributed by atoms with Gasteiger partial charge in [-0.05, 0) is 19.1 Å². The van der Waals surface area contributed by atoms with Gasteiger partial charge in [-0.2, -0.15) is 0 Å². The third kappa shape index (κ3) is 3.53. The number of aliphatic carboxylic acids is 1. The van der Waals surface area contributed by atoms with Crippen LogP contribution in [0.15, 0.2) is 18.2 Å². The second-order valence-electron chi connectivity index (χ2n) is 4.68. The fourth-order valence-electron chi connectivity index (χ4n) is 1.79. The molecule has 0 aliphatic rings. The summed E-state index contributed by atoms with van der Waals surface area (Å²) in [5, 5.41) is 19.5. The van der Waals surface area contributed by atoms with Crippen LogP contribution in [-0.4, -0.2) is 40.4 Å². The molecule has 1 aromatic carbocycles. The van der Waals surface area contributed by atoms with Gasteiger partial charge in [0.05, 0.1) is 10.8 Å². The molecular formula is C13H16N2O5. The van der Waals surface area contributed by atoms with Crippen molar-refractivity contribution in [3.05, 3.63) is 39.4 Å². The first-order valence-electron chi connectivity index (χ1n) is 5.97. The van der Waals surface area contributed by atoms with Crippen molar-refractivity contribution >= 4 is 17.6 Å². The number of carbonyl (C=O) groups excluding carboxylic acids is 1. The topological polar surface area (TPSA) is 101 Å². The lowest BCUT2D eigenvalue weighted by Gasteiger charge is -2.19. The molecule has 0 fully saturated rings. The van der Waals surface area contributed by atoms with E-state index in [2.05, 4.69) is 0 Å². The molecule has 0 radical (unpaired) electrons. The van der Waals surface area contributed by atoms with Crippen molar-refractivity contribution in [1.82, 2.24) is 4.90 Å². The number of nitro benzene ring substituents is 1. The number of carbonyl (C=O) groups is 2. The zero-order valence-electron chi connectivity index (χ0n) is 11.5. The van der Waals surface area contributed by atoms with Crippen molar-refractivity contribution in [2.45, 2.75) is 13.8 Å². The van der Waals surface area contributed by atoms with E-state index in [1.807, 2.05) is 0 Å². The van der Waals surface area contributed by atoms with Gasteiger partial charge < -0.3 is 10.0 Å². The SMILES string of the molecule is Cc1cc(C(=O)N(C)CC(C)C(=O)O)ccc1[N+](=O)[O-]. The molecule has 1 unspecified atom stereocenters. The first kappa shape index (κ1) is 15.6. The summed E-state index contributed by atoms with van der Waals surface area (Å²) < 4.78 is 0. The number of aryl methyl sites for hydroxylation is 1. The van der Waals surface area contributed by atoms with E-state index in [1.54, 1.807) is 6.92 Å². The minimum absolute atomic E-state index is 0.0527. The molecule has 1 aromatic rings. The van der Waals surface area contributed by atoms with Crippen LogP contribution in [0.2, 0.25) is 0 Å². The van der Waals surface area contributed by atoms with Crippen LogP contribution in [0.5, 0.6) is 0 Å². The summed E-state index contributed by atoms with van der Waals surface area (Å²) >= 11 is 0. The number of benzene rings is 1. The van der Waals surface area contributed by atoms with Gasteiger partial charge in [0.1, 0.15) is 0 Å². The number of amides is 1. The van der Waals surface area contributed by atoms with E-state index in [4.69, 9.17) is 5.11 Å². The van der Waals surface area contributed by atoms with Crippen LogP contribution in [0.1, 0.15) is 22.8 Å². The zero-order chi connectivity index (χ0) is 15.4. The van der Waals surface area contributed by atoms with E-state index in [0.29, 0.717) is 11.1 Å². The van der Waals surface area contributed by atoms with Gasteiger partial charge in [-0.3, -0.25) is 19.7 Å². The average Bonchev–Trinajstić information content (AvgIpc) is 2.36. The Morgan fingerprint density at radius 3 is 2.50 bits per heavy atom. The van der Waals surface area contributed by atoms with E-state index >= 15 is 0 Å². The fourth-order valence-corrected chi connectivity index (χ4v) is 1.79. The number of hydrogen-bond donors (Lipinski definition) is 1. The minimum atomic E-state index is -0.982. The number of nitro groups is 1. The highest BCUT2D eigenvalue weighted by atomic mass is 16.6. The molecule has 0 saturated carbocycles. The summed E-state index contributed by atoms with van der Waals surface area (Å²) in [6.07, 6.45) is 0. The Balaban J connectivity index is 2.90. The number of nitrogens with zero attached hydrogens (tertiary/aromatic N) is 2. The number of carboxylic acids is 1. The van der Waals surface area contributed by atoms with Gasteiger partial charge in [0.25, 0.3) is 11.6 Å². The van der Waals surface area contributed by atoms with E-state index in [9.17, 15) is 19.7 Å². The Hall–Kier alpha value is -2.44. The van der Waals surface area contributed by atoms with Gasteiger partial charge in [0.15, 0.2) is 0 Å². The summed E-state index contributed by atoms with van der Waals surface area (Å²) in [6.45, 7) is 3.13. The Morgan fingerprint density at radius 1 is 1.45 bits per heavy atom. The van der Waals surface area contributed by atoms with Crippen molar-refractivity contribution in [3.63, 3.8) is 0 Å². The summed E-state index contributed by atoms with van der Waals surface area (Å²) in [6, 6.07) is 4.08. The maximum atomic E-state index is 12.1. The molecule has 7 heteroatoms. The van der Waals surface area contributed by atoms with Crippen LogP contribution >= 0.6 is 0 Å². The smallest absolute Gasteiger partial charge is 0.308 e. The standard InChI is InChI=1S/C13H16N2O5/c1-8-6-10(4-5-11(8)15(19)20)12(16)14(3)7-9(2)13(17)18/h4-6,9H,7H2,1-3H3,(H,17,18). The lowest BCUT2D eigenvalue weighted by atomic mass is 10.1. The Labute approximate surface area is 116 Å². The van der Waals surface area contributed by atoms with Gasteiger partial charge >= 0.3 is 5.97 Å². The third-order valence-electron chi connectivity index (χ3n) is 2.96. The molecule has 0 aromatic heterocycles. The normalized spacial score (nSPS) is 11.8. The third-order valence-corrected chi connectivity index (χ3v) is 2.96. The second kappa shape index (κ2) is 6.14. The van der Waals surface area contributed by atoms with Crippen molar-refractivity contribution in [1.29, 1.82) is 0 Å². The van der Waals surface area contributed by atoms with Crippen molar-refractivity contribution < 1.29 is 19.6 Å². The predicted molar refractivity (Wildman–Crippen MR) is 71.6 cm³/mol. The van der Waals surface area contributed by atoms with E-state index < -0.39 is 16.8 Å². The van der Waals surface area contributed by atoms with Crippen molar-refractivity contribution in [2.75, 3.05) is 13.6 Å². The van der Waals surface area contributed by atoms with Gasteiger partial charge in [0.2, 0.25) is 0 Å². The summed E-state index contributed by atoms with van der Waals surface area (Å²) in [7, 11) is 1.50. The molecule has 0 bridgehead atoms. The molecule has 1 amide bonds. The van der Waals surface area contributed by atoms with Crippen LogP contribution in [0.3, 0.4) is 0 Å². The molecule has 20 heavy (non-hydrogen) atoms. The summed E-state index contributed by atoms with van der Waals surface area (Å²) in [5.41, 5.74) is 0.636. The van der Waals surface area contributed by atoms with Gasteiger partial charge in [-0.25, -0.2) is 0 Å². The zero-order valence-corrected chi connectivity index (χ0v) is 11.5. The maximum absolute atomic E-state index is 12.1. The molecule has 0 aliphatic carbocycles. The lowest BCUT2D eigenvalue weighted by molar-refractivity contribution is -0.385. The maximum Gasteiger partial charge on any atom is 0.308 e. The van der Waals surface area contributed by atoms with Crippen LogP contribution in [0.25, 0.3) is 0 Å². The molecule has 0 aliphatic heterocycles. The monoisotopic (exact) mass is 280 g/mol. The first-order chi connectivity index (χ1) is 9.23. The number of carboxylic acid groups (broad SMARTS) is 1. The molecule has 7 nitrogen and oxygen atoms in total. The highest BCUT2D eigenvalue weighted by Crippen LogP contribution is 2.19. The van der Waals surface area contributed by atoms with Gasteiger partial charge in [-0.15, -0.1) is 0 Å². The Bertz CT molecular complexity index is 556. The molecule has 0 heterocycles. The molecule has 108 valence electrons. The predicted octanol–water partition coefficient (Wildman–Crippen LogP) is 1.70.